The van der Waals surface area contributed by atoms with Gasteiger partial charge in [0.15, 0.2) is 0 Å². The van der Waals surface area contributed by atoms with Crippen LogP contribution < -0.4 is 0 Å². The van der Waals surface area contributed by atoms with Crippen LogP contribution in [0.15, 0.2) is 36.5 Å². The summed E-state index contributed by atoms with van der Waals surface area (Å²) < 4.78 is 13.7. The van der Waals surface area contributed by atoms with Gasteiger partial charge >= 0.3 is 0 Å². The summed E-state index contributed by atoms with van der Waals surface area (Å²) in [6.07, 6.45) is 2.51. The molecule has 18 heavy (non-hydrogen) atoms. The highest BCUT2D eigenvalue weighted by Gasteiger charge is 2.05. The fourth-order valence-electron chi connectivity index (χ4n) is 1.72. The van der Waals surface area contributed by atoms with E-state index in [0.29, 0.717) is 11.5 Å². The molecule has 0 fully saturated rings. The van der Waals surface area contributed by atoms with Gasteiger partial charge in [-0.1, -0.05) is 12.1 Å². The summed E-state index contributed by atoms with van der Waals surface area (Å²) in [5.41, 5.74) is 2.07. The molecule has 1 atom stereocenters. The Labute approximate surface area is 109 Å². The zero-order valence-corrected chi connectivity index (χ0v) is 11.1. The van der Waals surface area contributed by atoms with Crippen LogP contribution in [-0.2, 0) is 30.0 Å². The summed E-state index contributed by atoms with van der Waals surface area (Å²) in [7, 11) is 0.994. The van der Waals surface area contributed by atoms with E-state index in [2.05, 4.69) is 5.10 Å². The van der Waals surface area contributed by atoms with E-state index < -0.39 is 10.8 Å². The molecule has 0 spiro atoms. The molecular weight excluding hydrogens is 248 g/mol. The number of rotatable bonds is 5. The van der Waals surface area contributed by atoms with Crippen molar-refractivity contribution in [3.05, 3.63) is 47.8 Å². The lowest BCUT2D eigenvalue weighted by Crippen LogP contribution is -2.07. The molecule has 1 N–H and O–H groups in total. The van der Waals surface area contributed by atoms with Gasteiger partial charge in [-0.05, 0) is 23.8 Å². The van der Waals surface area contributed by atoms with Crippen molar-refractivity contribution in [3.63, 3.8) is 0 Å². The topological polar surface area (TPSA) is 55.1 Å². The molecule has 0 aliphatic carbocycles. The second-order valence-electron chi connectivity index (χ2n) is 4.15. The number of aromatic nitrogens is 2. The molecule has 0 aliphatic rings. The molecule has 1 aromatic heterocycles. The van der Waals surface area contributed by atoms with E-state index in [9.17, 15) is 4.21 Å². The molecule has 0 aliphatic heterocycles. The minimum atomic E-state index is -0.893. The lowest BCUT2D eigenvalue weighted by Gasteiger charge is -2.04. The first-order chi connectivity index (χ1) is 8.65. The van der Waals surface area contributed by atoms with Gasteiger partial charge in [-0.25, -0.2) is 0 Å². The molecule has 2 aromatic rings. The summed E-state index contributed by atoms with van der Waals surface area (Å²) in [6.45, 7) is 0. The first kappa shape index (κ1) is 12.8. The third-order valence-corrected chi connectivity index (χ3v) is 4.09. The Bertz CT molecular complexity index is 534. The van der Waals surface area contributed by atoms with Crippen LogP contribution in [0, 0.1) is 0 Å². The van der Waals surface area contributed by atoms with Gasteiger partial charge in [0, 0.05) is 47.7 Å². The van der Waals surface area contributed by atoms with E-state index in [4.69, 9.17) is 5.11 Å². The number of hydrogen-bond acceptors (Lipinski definition) is 3. The molecular formula is C13H16N2O2S. The average molecular weight is 264 g/mol. The van der Waals surface area contributed by atoms with Gasteiger partial charge in [0.05, 0.1) is 0 Å². The molecule has 0 radical (unpaired) electrons. The quantitative estimate of drug-likeness (QED) is 0.892. The Morgan fingerprint density at radius 2 is 2.00 bits per heavy atom. The van der Waals surface area contributed by atoms with E-state index in [1.807, 2.05) is 13.1 Å². The van der Waals surface area contributed by atoms with Crippen LogP contribution >= 0.6 is 0 Å². The lowest BCUT2D eigenvalue weighted by atomic mass is 10.2. The number of benzene rings is 1. The highest BCUT2D eigenvalue weighted by atomic mass is 32.2. The van der Waals surface area contributed by atoms with Gasteiger partial charge in [-0.15, -0.1) is 0 Å². The minimum Gasteiger partial charge on any atom is -0.508 e. The molecule has 1 aromatic carbocycles. The van der Waals surface area contributed by atoms with E-state index in [1.54, 1.807) is 35.1 Å². The van der Waals surface area contributed by atoms with E-state index in [-0.39, 0.29) is 5.75 Å². The number of phenols is 1. The first-order valence-electron chi connectivity index (χ1n) is 5.75. The maximum absolute atomic E-state index is 11.9. The highest BCUT2D eigenvalue weighted by molar-refractivity contribution is 7.84. The Morgan fingerprint density at radius 3 is 2.61 bits per heavy atom. The largest absolute Gasteiger partial charge is 0.508 e. The van der Waals surface area contributed by atoms with Crippen LogP contribution in [0.2, 0.25) is 0 Å². The molecule has 0 bridgehead atoms. The van der Waals surface area contributed by atoms with Gasteiger partial charge in [0.1, 0.15) is 5.75 Å². The fraction of sp³-hybridized carbons (Fsp3) is 0.308. The first-order valence-corrected chi connectivity index (χ1v) is 7.24. The fourth-order valence-corrected chi connectivity index (χ4v) is 2.86. The van der Waals surface area contributed by atoms with Crippen LogP contribution in [-0.4, -0.2) is 24.8 Å². The highest BCUT2D eigenvalue weighted by Crippen LogP contribution is 2.11. The second-order valence-corrected chi connectivity index (χ2v) is 5.73. The molecule has 1 unspecified atom stereocenters. The number of nitrogens with zero attached hydrogens (tertiary/aromatic N) is 2. The Morgan fingerprint density at radius 1 is 1.28 bits per heavy atom. The van der Waals surface area contributed by atoms with E-state index >= 15 is 0 Å². The molecule has 2 rings (SSSR count). The molecule has 0 amide bonds. The predicted octanol–water partition coefficient (Wildman–Crippen LogP) is 1.62. The molecule has 96 valence electrons. The van der Waals surface area contributed by atoms with Gasteiger partial charge in [0.25, 0.3) is 0 Å². The normalized spacial score (nSPS) is 12.5. The summed E-state index contributed by atoms with van der Waals surface area (Å²) in [5.74, 6) is 1.39. The average Bonchev–Trinajstić information content (AvgIpc) is 2.75. The van der Waals surface area contributed by atoms with Crippen LogP contribution in [0.1, 0.15) is 11.3 Å². The van der Waals surface area contributed by atoms with Crippen molar-refractivity contribution < 1.29 is 9.32 Å². The molecule has 1 heterocycles. The van der Waals surface area contributed by atoms with Crippen molar-refractivity contribution in [2.45, 2.75) is 12.2 Å². The van der Waals surface area contributed by atoms with Gasteiger partial charge in [0.2, 0.25) is 0 Å². The Hall–Kier alpha value is -1.62. The Balaban J connectivity index is 1.86. The van der Waals surface area contributed by atoms with Crippen LogP contribution in [0.25, 0.3) is 0 Å². The second kappa shape index (κ2) is 5.82. The van der Waals surface area contributed by atoms with Gasteiger partial charge < -0.3 is 5.11 Å². The van der Waals surface area contributed by atoms with Crippen LogP contribution in [0.3, 0.4) is 0 Å². The number of aromatic hydroxyl groups is 1. The SMILES string of the molecule is Cn1nccc1CCS(=O)Cc1ccc(O)cc1. The van der Waals surface area contributed by atoms with E-state index in [1.165, 1.54) is 0 Å². The summed E-state index contributed by atoms with van der Waals surface area (Å²) in [4.78, 5) is 0. The monoisotopic (exact) mass is 264 g/mol. The predicted molar refractivity (Wildman–Crippen MR) is 71.7 cm³/mol. The third kappa shape index (κ3) is 3.43. The molecule has 0 saturated carbocycles. The lowest BCUT2D eigenvalue weighted by molar-refractivity contribution is 0.475. The van der Waals surface area contributed by atoms with Crippen LogP contribution in [0.4, 0.5) is 0 Å². The Kier molecular flexibility index (Phi) is 4.15. The van der Waals surface area contributed by atoms with Gasteiger partial charge in [-0.2, -0.15) is 5.10 Å². The summed E-state index contributed by atoms with van der Waals surface area (Å²) in [5, 5.41) is 13.2. The van der Waals surface area contributed by atoms with Crippen molar-refractivity contribution in [1.82, 2.24) is 9.78 Å². The number of phenolic OH excluding ortho intramolecular Hbond substituents is 1. The standard InChI is InChI=1S/C13H16N2O2S/c1-15-12(6-8-14-15)7-9-18(17)10-11-2-4-13(16)5-3-11/h2-6,8,16H,7,9-10H2,1H3. The van der Waals surface area contributed by atoms with Gasteiger partial charge in [-0.3, -0.25) is 8.89 Å². The number of aryl methyl sites for hydroxylation is 2. The maximum Gasteiger partial charge on any atom is 0.115 e. The zero-order chi connectivity index (χ0) is 13.0. The van der Waals surface area contributed by atoms with Crippen molar-refractivity contribution in [2.24, 2.45) is 7.05 Å². The summed E-state index contributed by atoms with van der Waals surface area (Å²) in [6, 6.07) is 8.79. The van der Waals surface area contributed by atoms with Crippen molar-refractivity contribution >= 4 is 10.8 Å². The number of hydrogen-bond donors (Lipinski definition) is 1. The van der Waals surface area contributed by atoms with Crippen molar-refractivity contribution in [1.29, 1.82) is 0 Å². The zero-order valence-electron chi connectivity index (χ0n) is 10.2. The van der Waals surface area contributed by atoms with E-state index in [0.717, 1.165) is 17.7 Å². The third-order valence-electron chi connectivity index (χ3n) is 2.77. The van der Waals surface area contributed by atoms with Crippen LogP contribution in [0.5, 0.6) is 5.75 Å². The van der Waals surface area contributed by atoms with Crippen molar-refractivity contribution in [2.75, 3.05) is 5.75 Å². The smallest absolute Gasteiger partial charge is 0.115 e. The maximum atomic E-state index is 11.9. The minimum absolute atomic E-state index is 0.236. The molecule has 0 saturated heterocycles. The summed E-state index contributed by atoms with van der Waals surface area (Å²) >= 11 is 0. The van der Waals surface area contributed by atoms with Crippen molar-refractivity contribution in [3.8, 4) is 5.75 Å². The molecule has 5 heteroatoms. The molecule has 4 nitrogen and oxygen atoms in total.